The van der Waals surface area contributed by atoms with Crippen molar-refractivity contribution in [2.45, 2.75) is 0 Å². The van der Waals surface area contributed by atoms with Gasteiger partial charge in [0.2, 0.25) is 0 Å². The lowest BCUT2D eigenvalue weighted by atomic mass is 11.0. The van der Waals surface area contributed by atoms with Gasteiger partial charge in [-0.3, -0.25) is 0 Å². The molecule has 0 bridgehead atoms. The van der Waals surface area contributed by atoms with Crippen LogP contribution in [0.3, 0.4) is 0 Å². The van der Waals surface area contributed by atoms with Gasteiger partial charge in [-0.2, -0.15) is 0 Å². The van der Waals surface area contributed by atoms with Crippen LogP contribution in [0.25, 0.3) is 0 Å². The van der Waals surface area contributed by atoms with Crippen LogP contribution < -0.4 is 0 Å². The lowest BCUT2D eigenvalue weighted by Gasteiger charge is -2.39. The minimum Gasteiger partial charge on any atom is -0.239 e. The third-order valence-electron chi connectivity index (χ3n) is 2.36. The lowest BCUT2D eigenvalue weighted by molar-refractivity contribution is 0.730. The first-order chi connectivity index (χ1) is 5.32. The first-order valence-electron chi connectivity index (χ1n) is 4.18. The predicted octanol–water partition coefficient (Wildman–Crippen LogP) is 0.273. The topological polar surface area (TPSA) is 9.03 Å². The Labute approximate surface area is 71.4 Å². The SMILES string of the molecule is PS(N1CC1)(N1CC1)N1CC1. The standard InChI is InChI=1S/C6H14N3PS/c10-11(7-1-2-7,8-3-4-8)9-5-6-9/h1-6,10H2. The van der Waals surface area contributed by atoms with Crippen LogP contribution in [-0.2, 0) is 0 Å². The zero-order valence-corrected chi connectivity index (χ0v) is 8.54. The van der Waals surface area contributed by atoms with Gasteiger partial charge in [0, 0.05) is 39.3 Å². The molecule has 3 rings (SSSR count). The van der Waals surface area contributed by atoms with Crippen LogP contribution in [0.15, 0.2) is 0 Å². The number of hydrogen-bond acceptors (Lipinski definition) is 3. The van der Waals surface area contributed by atoms with Crippen molar-refractivity contribution in [2.75, 3.05) is 39.3 Å². The van der Waals surface area contributed by atoms with Crippen molar-refractivity contribution >= 4 is 18.6 Å². The highest BCUT2D eigenvalue weighted by molar-refractivity contribution is 8.64. The van der Waals surface area contributed by atoms with Crippen molar-refractivity contribution in [1.29, 1.82) is 0 Å². The average molecular weight is 191 g/mol. The molecule has 3 aliphatic rings. The van der Waals surface area contributed by atoms with Gasteiger partial charge in [0.1, 0.15) is 0 Å². The summed E-state index contributed by atoms with van der Waals surface area (Å²) in [6.07, 6.45) is 0. The first-order valence-corrected chi connectivity index (χ1v) is 7.16. The minimum absolute atomic E-state index is 0.639. The summed E-state index contributed by atoms with van der Waals surface area (Å²) in [7, 11) is 2.47. The van der Waals surface area contributed by atoms with E-state index in [4.69, 9.17) is 0 Å². The molecule has 0 saturated carbocycles. The Morgan fingerprint density at radius 2 is 1.00 bits per heavy atom. The van der Waals surface area contributed by atoms with Crippen LogP contribution in [0.5, 0.6) is 0 Å². The fraction of sp³-hybridized carbons (Fsp3) is 1.00. The maximum Gasteiger partial charge on any atom is 0.0238 e. The molecular formula is C6H14N3PS. The highest BCUT2D eigenvalue weighted by Crippen LogP contribution is 2.71. The van der Waals surface area contributed by atoms with Gasteiger partial charge in [0.05, 0.1) is 0 Å². The van der Waals surface area contributed by atoms with Crippen LogP contribution in [0.4, 0.5) is 0 Å². The second-order valence-corrected chi connectivity index (χ2v) is 7.92. The number of hydrogen-bond donors (Lipinski definition) is 0. The summed E-state index contributed by atoms with van der Waals surface area (Å²) >= 11 is 0. The Morgan fingerprint density at radius 3 is 1.18 bits per heavy atom. The number of nitrogens with zero attached hydrogens (tertiary/aromatic N) is 3. The first kappa shape index (κ1) is 7.10. The molecule has 3 fully saturated rings. The van der Waals surface area contributed by atoms with E-state index in [0.29, 0.717) is 0 Å². The van der Waals surface area contributed by atoms with Gasteiger partial charge in [0.15, 0.2) is 0 Å². The molecule has 1 atom stereocenters. The molecule has 11 heavy (non-hydrogen) atoms. The summed E-state index contributed by atoms with van der Waals surface area (Å²) in [6, 6.07) is 0. The van der Waals surface area contributed by atoms with E-state index >= 15 is 0 Å². The normalized spacial score (nSPS) is 33.9. The van der Waals surface area contributed by atoms with Crippen molar-refractivity contribution in [3.63, 3.8) is 0 Å². The van der Waals surface area contributed by atoms with Crippen molar-refractivity contribution in [3.8, 4) is 0 Å². The molecule has 0 aliphatic carbocycles. The van der Waals surface area contributed by atoms with E-state index in [2.05, 4.69) is 21.4 Å². The fourth-order valence-electron chi connectivity index (χ4n) is 1.42. The van der Waals surface area contributed by atoms with Gasteiger partial charge in [-0.15, -0.1) is 0 Å². The molecule has 0 aromatic rings. The molecular weight excluding hydrogens is 177 g/mol. The summed E-state index contributed by atoms with van der Waals surface area (Å²) in [5.41, 5.74) is 0. The molecule has 0 radical (unpaired) electrons. The smallest absolute Gasteiger partial charge is 0.0238 e. The molecule has 1 unspecified atom stereocenters. The summed E-state index contributed by atoms with van der Waals surface area (Å²) in [4.78, 5) is 0. The van der Waals surface area contributed by atoms with Gasteiger partial charge < -0.3 is 0 Å². The van der Waals surface area contributed by atoms with Crippen molar-refractivity contribution < 1.29 is 0 Å². The Kier molecular flexibility index (Phi) is 1.37. The van der Waals surface area contributed by atoms with Crippen LogP contribution in [-0.4, -0.2) is 52.2 Å². The van der Waals surface area contributed by atoms with Crippen molar-refractivity contribution in [3.05, 3.63) is 0 Å². The zero-order valence-electron chi connectivity index (χ0n) is 6.57. The third-order valence-corrected chi connectivity index (χ3v) is 8.42. The van der Waals surface area contributed by atoms with E-state index < -0.39 is 10.2 Å². The van der Waals surface area contributed by atoms with E-state index in [1.54, 1.807) is 0 Å². The van der Waals surface area contributed by atoms with Crippen LogP contribution >= 0.6 is 18.6 Å². The van der Waals surface area contributed by atoms with Crippen LogP contribution in [0.2, 0.25) is 0 Å². The summed E-state index contributed by atoms with van der Waals surface area (Å²) in [5.74, 6) is 0. The van der Waals surface area contributed by atoms with Gasteiger partial charge in [0.25, 0.3) is 0 Å². The lowest BCUT2D eigenvalue weighted by Crippen LogP contribution is -2.19. The Morgan fingerprint density at radius 1 is 0.727 bits per heavy atom. The molecule has 0 aromatic heterocycles. The molecule has 64 valence electrons. The van der Waals surface area contributed by atoms with E-state index in [1.807, 2.05) is 0 Å². The maximum absolute atomic E-state index is 3.11. The van der Waals surface area contributed by atoms with Crippen LogP contribution in [0, 0.1) is 0 Å². The van der Waals surface area contributed by atoms with E-state index in [0.717, 1.165) is 0 Å². The Hall–Kier alpha value is 0.660. The van der Waals surface area contributed by atoms with Gasteiger partial charge in [-0.1, -0.05) is 18.6 Å². The zero-order chi connectivity index (χ0) is 7.47. The van der Waals surface area contributed by atoms with E-state index in [1.165, 1.54) is 39.3 Å². The summed E-state index contributed by atoms with van der Waals surface area (Å²) in [6.45, 7) is 7.95. The molecule has 3 nitrogen and oxygen atoms in total. The molecule has 3 heterocycles. The monoisotopic (exact) mass is 191 g/mol. The molecule has 3 aliphatic heterocycles. The minimum atomic E-state index is -0.639. The maximum atomic E-state index is 3.11. The molecule has 3 saturated heterocycles. The molecule has 0 aromatic carbocycles. The fourth-order valence-corrected chi connectivity index (χ4v) is 6.15. The molecule has 0 spiro atoms. The van der Waals surface area contributed by atoms with Gasteiger partial charge in [-0.05, 0) is 0 Å². The van der Waals surface area contributed by atoms with Gasteiger partial charge >= 0.3 is 0 Å². The third kappa shape index (κ3) is 1.04. The second kappa shape index (κ2) is 2.12. The van der Waals surface area contributed by atoms with Crippen LogP contribution in [0.1, 0.15) is 0 Å². The van der Waals surface area contributed by atoms with E-state index in [9.17, 15) is 0 Å². The molecule has 0 N–H and O–H groups in total. The predicted molar refractivity (Wildman–Crippen MR) is 52.0 cm³/mol. The largest absolute Gasteiger partial charge is 0.239 e. The molecule has 0 amide bonds. The molecule has 5 heteroatoms. The van der Waals surface area contributed by atoms with E-state index in [-0.39, 0.29) is 0 Å². The number of rotatable bonds is 3. The van der Waals surface area contributed by atoms with Crippen molar-refractivity contribution in [1.82, 2.24) is 12.9 Å². The highest BCUT2D eigenvalue weighted by atomic mass is 32.8. The summed E-state index contributed by atoms with van der Waals surface area (Å²) in [5, 5.41) is 0. The summed E-state index contributed by atoms with van der Waals surface area (Å²) < 4.78 is 7.83. The average Bonchev–Trinajstić information content (AvgIpc) is 2.81. The Balaban J connectivity index is 1.82. The Bertz CT molecular complexity index is 157. The highest BCUT2D eigenvalue weighted by Gasteiger charge is 2.51. The van der Waals surface area contributed by atoms with Crippen molar-refractivity contribution in [2.24, 2.45) is 0 Å². The van der Waals surface area contributed by atoms with Gasteiger partial charge in [-0.25, -0.2) is 12.9 Å². The quantitative estimate of drug-likeness (QED) is 0.468. The second-order valence-electron chi connectivity index (χ2n) is 3.35.